The molecule has 0 heterocycles. The standard InChI is InChI=1S/C14H22O2/c1-5-11(3)14(4,15)12-9-7-8-10-13(12)16-6-2/h7-11,15H,5-6H2,1-4H3. The molecule has 90 valence electrons. The molecule has 2 unspecified atom stereocenters. The van der Waals surface area contributed by atoms with Crippen molar-refractivity contribution in [1.29, 1.82) is 0 Å². The van der Waals surface area contributed by atoms with Crippen LogP contribution in [-0.4, -0.2) is 11.7 Å². The van der Waals surface area contributed by atoms with Gasteiger partial charge in [-0.1, -0.05) is 38.5 Å². The maximum Gasteiger partial charge on any atom is 0.125 e. The first kappa shape index (κ1) is 13.0. The summed E-state index contributed by atoms with van der Waals surface area (Å²) in [5.74, 6) is 0.990. The maximum absolute atomic E-state index is 10.6. The fraction of sp³-hybridized carbons (Fsp3) is 0.571. The summed E-state index contributed by atoms with van der Waals surface area (Å²) in [7, 11) is 0. The van der Waals surface area contributed by atoms with Crippen LogP contribution in [0.1, 0.15) is 39.7 Å². The Morgan fingerprint density at radius 1 is 1.31 bits per heavy atom. The van der Waals surface area contributed by atoms with Gasteiger partial charge in [-0.2, -0.15) is 0 Å². The third-order valence-electron chi connectivity index (χ3n) is 3.30. The molecule has 2 atom stereocenters. The first-order chi connectivity index (χ1) is 7.54. The highest BCUT2D eigenvalue weighted by Crippen LogP contribution is 2.36. The first-order valence-corrected chi connectivity index (χ1v) is 5.98. The van der Waals surface area contributed by atoms with Gasteiger partial charge in [0.15, 0.2) is 0 Å². The van der Waals surface area contributed by atoms with E-state index in [1.807, 2.05) is 38.1 Å². The molecule has 0 radical (unpaired) electrons. The molecule has 0 aliphatic heterocycles. The van der Waals surface area contributed by atoms with Crippen molar-refractivity contribution >= 4 is 0 Å². The lowest BCUT2D eigenvalue weighted by Crippen LogP contribution is -2.30. The van der Waals surface area contributed by atoms with Gasteiger partial charge in [0.2, 0.25) is 0 Å². The van der Waals surface area contributed by atoms with Gasteiger partial charge in [0.1, 0.15) is 5.75 Å². The molecule has 1 rings (SSSR count). The minimum Gasteiger partial charge on any atom is -0.493 e. The smallest absolute Gasteiger partial charge is 0.125 e. The molecule has 0 aliphatic rings. The number of para-hydroxylation sites is 1. The van der Waals surface area contributed by atoms with Gasteiger partial charge < -0.3 is 9.84 Å². The minimum atomic E-state index is -0.833. The van der Waals surface area contributed by atoms with E-state index in [1.54, 1.807) is 0 Å². The number of hydrogen-bond donors (Lipinski definition) is 1. The van der Waals surface area contributed by atoms with Crippen LogP contribution in [0.4, 0.5) is 0 Å². The van der Waals surface area contributed by atoms with Gasteiger partial charge in [-0.25, -0.2) is 0 Å². The van der Waals surface area contributed by atoms with Gasteiger partial charge in [-0.05, 0) is 25.8 Å². The van der Waals surface area contributed by atoms with E-state index < -0.39 is 5.60 Å². The Labute approximate surface area is 98.3 Å². The summed E-state index contributed by atoms with van der Waals surface area (Å²) in [6.45, 7) is 8.58. The molecular weight excluding hydrogens is 200 g/mol. The lowest BCUT2D eigenvalue weighted by molar-refractivity contribution is -0.00232. The minimum absolute atomic E-state index is 0.203. The van der Waals surface area contributed by atoms with Crippen LogP contribution in [0, 0.1) is 5.92 Å². The van der Waals surface area contributed by atoms with Crippen LogP contribution in [0.5, 0.6) is 5.75 Å². The molecule has 2 nitrogen and oxygen atoms in total. The topological polar surface area (TPSA) is 29.5 Å². The van der Waals surface area contributed by atoms with Crippen molar-refractivity contribution in [3.8, 4) is 5.75 Å². The van der Waals surface area contributed by atoms with Gasteiger partial charge in [-0.15, -0.1) is 0 Å². The van der Waals surface area contributed by atoms with Gasteiger partial charge in [0.05, 0.1) is 12.2 Å². The van der Waals surface area contributed by atoms with Crippen LogP contribution >= 0.6 is 0 Å². The highest BCUT2D eigenvalue weighted by molar-refractivity contribution is 5.38. The largest absolute Gasteiger partial charge is 0.493 e. The predicted octanol–water partition coefficient (Wildman–Crippen LogP) is 3.34. The second-order valence-corrected chi connectivity index (χ2v) is 4.39. The Kier molecular flexibility index (Phi) is 4.36. The predicted molar refractivity (Wildman–Crippen MR) is 66.6 cm³/mol. The number of aliphatic hydroxyl groups is 1. The lowest BCUT2D eigenvalue weighted by Gasteiger charge is -2.31. The third-order valence-corrected chi connectivity index (χ3v) is 3.30. The van der Waals surface area contributed by atoms with Crippen LogP contribution in [0.15, 0.2) is 24.3 Å². The van der Waals surface area contributed by atoms with Crippen molar-refractivity contribution in [2.45, 2.75) is 39.7 Å². The fourth-order valence-electron chi connectivity index (χ4n) is 1.83. The zero-order valence-corrected chi connectivity index (χ0v) is 10.7. The van der Waals surface area contributed by atoms with Gasteiger partial charge in [-0.3, -0.25) is 0 Å². The molecule has 0 aliphatic carbocycles. The summed E-state index contributed by atoms with van der Waals surface area (Å²) < 4.78 is 5.56. The average molecular weight is 222 g/mol. The SMILES string of the molecule is CCOc1ccccc1C(C)(O)C(C)CC. The van der Waals surface area contributed by atoms with Crippen molar-refractivity contribution in [2.24, 2.45) is 5.92 Å². The number of ether oxygens (including phenoxy) is 1. The first-order valence-electron chi connectivity index (χ1n) is 5.98. The van der Waals surface area contributed by atoms with Crippen molar-refractivity contribution in [3.63, 3.8) is 0 Å². The summed E-state index contributed by atoms with van der Waals surface area (Å²) in [6.07, 6.45) is 0.938. The molecular formula is C14H22O2. The maximum atomic E-state index is 10.6. The summed E-state index contributed by atoms with van der Waals surface area (Å²) in [5, 5.41) is 10.6. The van der Waals surface area contributed by atoms with E-state index in [0.717, 1.165) is 17.7 Å². The average Bonchev–Trinajstić information content (AvgIpc) is 2.29. The molecule has 2 heteroatoms. The molecule has 0 aromatic heterocycles. The molecule has 0 saturated heterocycles. The monoisotopic (exact) mass is 222 g/mol. The normalized spacial score (nSPS) is 16.6. The molecule has 0 fully saturated rings. The molecule has 1 N–H and O–H groups in total. The second-order valence-electron chi connectivity index (χ2n) is 4.39. The van der Waals surface area contributed by atoms with Crippen molar-refractivity contribution in [3.05, 3.63) is 29.8 Å². The van der Waals surface area contributed by atoms with Crippen molar-refractivity contribution in [1.82, 2.24) is 0 Å². The fourth-order valence-corrected chi connectivity index (χ4v) is 1.83. The van der Waals surface area contributed by atoms with Gasteiger partial charge in [0.25, 0.3) is 0 Å². The Morgan fingerprint density at radius 2 is 1.94 bits per heavy atom. The van der Waals surface area contributed by atoms with Crippen LogP contribution in [0.3, 0.4) is 0 Å². The zero-order chi connectivity index (χ0) is 12.2. The molecule has 1 aromatic rings. The summed E-state index contributed by atoms with van der Waals surface area (Å²) >= 11 is 0. The molecule has 0 bridgehead atoms. The van der Waals surface area contributed by atoms with Crippen LogP contribution in [0.25, 0.3) is 0 Å². The van der Waals surface area contributed by atoms with E-state index >= 15 is 0 Å². The highest BCUT2D eigenvalue weighted by atomic mass is 16.5. The van der Waals surface area contributed by atoms with E-state index in [2.05, 4.69) is 13.8 Å². The Bertz CT molecular complexity index is 331. The van der Waals surface area contributed by atoms with Crippen LogP contribution < -0.4 is 4.74 Å². The van der Waals surface area contributed by atoms with E-state index in [9.17, 15) is 5.11 Å². The summed E-state index contributed by atoms with van der Waals surface area (Å²) in [5.41, 5.74) is 0.0479. The van der Waals surface area contributed by atoms with E-state index in [4.69, 9.17) is 4.74 Å². The number of rotatable bonds is 5. The van der Waals surface area contributed by atoms with Gasteiger partial charge >= 0.3 is 0 Å². The van der Waals surface area contributed by atoms with E-state index in [0.29, 0.717) is 6.61 Å². The molecule has 0 saturated carbocycles. The van der Waals surface area contributed by atoms with Crippen LogP contribution in [0.2, 0.25) is 0 Å². The second kappa shape index (κ2) is 5.35. The lowest BCUT2D eigenvalue weighted by atomic mass is 9.82. The highest BCUT2D eigenvalue weighted by Gasteiger charge is 2.31. The van der Waals surface area contributed by atoms with E-state index in [1.165, 1.54) is 0 Å². The Balaban J connectivity index is 3.10. The Hall–Kier alpha value is -1.02. The number of hydrogen-bond acceptors (Lipinski definition) is 2. The molecule has 0 amide bonds. The molecule has 0 spiro atoms. The zero-order valence-electron chi connectivity index (χ0n) is 10.7. The third kappa shape index (κ3) is 2.56. The summed E-state index contributed by atoms with van der Waals surface area (Å²) in [4.78, 5) is 0. The summed E-state index contributed by atoms with van der Waals surface area (Å²) in [6, 6.07) is 7.72. The van der Waals surface area contributed by atoms with E-state index in [-0.39, 0.29) is 5.92 Å². The van der Waals surface area contributed by atoms with Crippen LogP contribution in [-0.2, 0) is 5.60 Å². The van der Waals surface area contributed by atoms with Crippen molar-refractivity contribution < 1.29 is 9.84 Å². The van der Waals surface area contributed by atoms with Gasteiger partial charge in [0, 0.05) is 5.56 Å². The quantitative estimate of drug-likeness (QED) is 0.828. The Morgan fingerprint density at radius 3 is 2.50 bits per heavy atom. The molecule has 1 aromatic carbocycles. The number of benzene rings is 1. The van der Waals surface area contributed by atoms with Crippen molar-refractivity contribution in [2.75, 3.05) is 6.61 Å². The molecule has 16 heavy (non-hydrogen) atoms.